The van der Waals surface area contributed by atoms with E-state index < -0.39 is 15.6 Å². The summed E-state index contributed by atoms with van der Waals surface area (Å²) in [5.41, 5.74) is 0.179. The van der Waals surface area contributed by atoms with Gasteiger partial charge >= 0.3 is 6.03 Å². The van der Waals surface area contributed by atoms with Gasteiger partial charge in [0.25, 0.3) is 0 Å². The monoisotopic (exact) mass is 341 g/mol. The fourth-order valence-electron chi connectivity index (χ4n) is 2.62. The fraction of sp³-hybridized carbons (Fsp3) is 0.533. The summed E-state index contributed by atoms with van der Waals surface area (Å²) in [5.74, 6) is 0. The van der Waals surface area contributed by atoms with Gasteiger partial charge in [-0.25, -0.2) is 17.5 Å². The zero-order valence-corrected chi connectivity index (χ0v) is 14.2. The summed E-state index contributed by atoms with van der Waals surface area (Å²) in [7, 11) is -1.59. The van der Waals surface area contributed by atoms with Gasteiger partial charge in [-0.05, 0) is 25.0 Å². The molecule has 2 N–H and O–H groups in total. The Labute approximate surface area is 137 Å². The number of amides is 2. The number of carbonyl (C=O) groups is 1. The van der Waals surface area contributed by atoms with Crippen LogP contribution in [-0.2, 0) is 14.8 Å². The van der Waals surface area contributed by atoms with E-state index in [0.717, 1.165) is 0 Å². The van der Waals surface area contributed by atoms with Gasteiger partial charge in [0.2, 0.25) is 10.0 Å². The van der Waals surface area contributed by atoms with E-state index in [9.17, 15) is 13.2 Å². The number of benzene rings is 1. The number of methoxy groups -OCH3 is 1. The molecule has 0 unspecified atom stereocenters. The Morgan fingerprint density at radius 1 is 1.26 bits per heavy atom. The van der Waals surface area contributed by atoms with Gasteiger partial charge in [0, 0.05) is 32.4 Å². The number of nitrogens with zero attached hydrogens (tertiary/aromatic N) is 1. The molecule has 0 aromatic heterocycles. The smallest absolute Gasteiger partial charge is 0.319 e. The van der Waals surface area contributed by atoms with Crippen LogP contribution in [0.15, 0.2) is 30.3 Å². The second kappa shape index (κ2) is 7.29. The first-order valence-electron chi connectivity index (χ1n) is 7.45. The van der Waals surface area contributed by atoms with Crippen LogP contribution < -0.4 is 10.6 Å². The standard InChI is InChI=1S/C15H23N3O4S/c1-22-15(8-10-18(11-9-15)23(2,20)21)12-16-14(19)17-13-6-4-3-5-7-13/h3-7H,8-12H2,1-2H3,(H2,16,17,19). The lowest BCUT2D eigenvalue weighted by Gasteiger charge is -2.39. The summed E-state index contributed by atoms with van der Waals surface area (Å²) in [6.45, 7) is 1.13. The summed E-state index contributed by atoms with van der Waals surface area (Å²) >= 11 is 0. The predicted molar refractivity (Wildman–Crippen MR) is 88.9 cm³/mol. The highest BCUT2D eigenvalue weighted by Crippen LogP contribution is 2.26. The number of hydrogen-bond acceptors (Lipinski definition) is 4. The Bertz CT molecular complexity index is 625. The maximum Gasteiger partial charge on any atom is 0.319 e. The van der Waals surface area contributed by atoms with Crippen molar-refractivity contribution in [2.24, 2.45) is 0 Å². The molecule has 0 aliphatic carbocycles. The van der Waals surface area contributed by atoms with E-state index in [2.05, 4.69) is 10.6 Å². The lowest BCUT2D eigenvalue weighted by molar-refractivity contribution is -0.0415. The van der Waals surface area contributed by atoms with Crippen molar-refractivity contribution >= 4 is 21.7 Å². The Balaban J connectivity index is 1.87. The van der Waals surface area contributed by atoms with Crippen molar-refractivity contribution in [1.82, 2.24) is 9.62 Å². The molecule has 0 saturated carbocycles. The number of para-hydroxylation sites is 1. The van der Waals surface area contributed by atoms with Gasteiger partial charge in [0.1, 0.15) is 0 Å². The highest BCUT2D eigenvalue weighted by atomic mass is 32.2. The third kappa shape index (κ3) is 4.92. The Kier molecular flexibility index (Phi) is 5.61. The van der Waals surface area contributed by atoms with Crippen LogP contribution in [0.5, 0.6) is 0 Å². The number of sulfonamides is 1. The lowest BCUT2D eigenvalue weighted by atomic mass is 9.92. The van der Waals surface area contributed by atoms with Gasteiger partial charge in [-0.15, -0.1) is 0 Å². The van der Waals surface area contributed by atoms with Crippen molar-refractivity contribution < 1.29 is 17.9 Å². The number of hydrogen-bond donors (Lipinski definition) is 2. The van der Waals surface area contributed by atoms with Crippen LogP contribution in [0.25, 0.3) is 0 Å². The molecule has 2 rings (SSSR count). The van der Waals surface area contributed by atoms with E-state index in [1.54, 1.807) is 19.2 Å². The van der Waals surface area contributed by atoms with E-state index in [-0.39, 0.29) is 6.03 Å². The van der Waals surface area contributed by atoms with E-state index in [1.807, 2.05) is 18.2 Å². The summed E-state index contributed by atoms with van der Waals surface area (Å²) in [5, 5.41) is 5.55. The summed E-state index contributed by atoms with van der Waals surface area (Å²) in [6.07, 6.45) is 2.29. The first-order chi connectivity index (χ1) is 10.8. The average Bonchev–Trinajstić information content (AvgIpc) is 2.53. The van der Waals surface area contributed by atoms with Crippen LogP contribution in [0.1, 0.15) is 12.8 Å². The maximum atomic E-state index is 12.0. The van der Waals surface area contributed by atoms with Crippen LogP contribution in [0, 0.1) is 0 Å². The molecular formula is C15H23N3O4S. The number of urea groups is 1. The van der Waals surface area contributed by atoms with E-state index in [0.29, 0.717) is 38.2 Å². The molecule has 0 atom stereocenters. The largest absolute Gasteiger partial charge is 0.376 e. The number of ether oxygens (including phenoxy) is 1. The predicted octanol–water partition coefficient (Wildman–Crippen LogP) is 1.25. The Morgan fingerprint density at radius 3 is 2.39 bits per heavy atom. The lowest BCUT2D eigenvalue weighted by Crippen LogP contribution is -2.53. The minimum atomic E-state index is -3.18. The Morgan fingerprint density at radius 2 is 1.87 bits per heavy atom. The molecule has 23 heavy (non-hydrogen) atoms. The molecule has 128 valence electrons. The number of anilines is 1. The molecule has 8 heteroatoms. The summed E-state index contributed by atoms with van der Waals surface area (Å²) in [6, 6.07) is 8.85. The molecule has 1 heterocycles. The van der Waals surface area contributed by atoms with Gasteiger partial charge in [-0.2, -0.15) is 0 Å². The van der Waals surface area contributed by atoms with Crippen molar-refractivity contribution in [3.05, 3.63) is 30.3 Å². The molecule has 1 aromatic carbocycles. The van der Waals surface area contributed by atoms with Gasteiger partial charge in [-0.1, -0.05) is 18.2 Å². The van der Waals surface area contributed by atoms with E-state index in [4.69, 9.17) is 4.74 Å². The average molecular weight is 341 g/mol. The SMILES string of the molecule is COC1(CNC(=O)Nc2ccccc2)CCN(S(C)(=O)=O)CC1. The van der Waals surface area contributed by atoms with Crippen molar-refractivity contribution in [3.8, 4) is 0 Å². The first-order valence-corrected chi connectivity index (χ1v) is 9.30. The third-order valence-corrected chi connectivity index (χ3v) is 5.44. The molecule has 0 bridgehead atoms. The first kappa shape index (κ1) is 17.7. The second-order valence-corrected chi connectivity index (χ2v) is 7.71. The molecule has 0 radical (unpaired) electrons. The van der Waals surface area contributed by atoms with Gasteiger partial charge in [0.15, 0.2) is 0 Å². The highest BCUT2D eigenvalue weighted by Gasteiger charge is 2.37. The molecule has 1 fully saturated rings. The summed E-state index contributed by atoms with van der Waals surface area (Å²) in [4.78, 5) is 12.0. The summed E-state index contributed by atoms with van der Waals surface area (Å²) < 4.78 is 30.1. The highest BCUT2D eigenvalue weighted by molar-refractivity contribution is 7.88. The molecule has 0 spiro atoms. The van der Waals surface area contributed by atoms with Crippen molar-refractivity contribution in [2.45, 2.75) is 18.4 Å². The van der Waals surface area contributed by atoms with Crippen LogP contribution in [0.4, 0.5) is 10.5 Å². The van der Waals surface area contributed by atoms with Crippen LogP contribution in [0.2, 0.25) is 0 Å². The van der Waals surface area contributed by atoms with Gasteiger partial charge in [0.05, 0.1) is 11.9 Å². The molecule has 1 aliphatic heterocycles. The molecule has 1 aliphatic rings. The Hall–Kier alpha value is -1.64. The van der Waals surface area contributed by atoms with Crippen molar-refractivity contribution in [2.75, 3.05) is 38.3 Å². The molecule has 2 amide bonds. The van der Waals surface area contributed by atoms with Crippen molar-refractivity contribution in [1.29, 1.82) is 0 Å². The van der Waals surface area contributed by atoms with Crippen molar-refractivity contribution in [3.63, 3.8) is 0 Å². The third-order valence-electron chi connectivity index (χ3n) is 4.14. The number of rotatable bonds is 5. The van der Waals surface area contributed by atoms with E-state index >= 15 is 0 Å². The van der Waals surface area contributed by atoms with E-state index in [1.165, 1.54) is 10.6 Å². The zero-order valence-electron chi connectivity index (χ0n) is 13.4. The molecule has 1 saturated heterocycles. The zero-order chi connectivity index (χ0) is 16.9. The topological polar surface area (TPSA) is 87.7 Å². The minimum Gasteiger partial charge on any atom is -0.376 e. The number of carbonyl (C=O) groups excluding carboxylic acids is 1. The van der Waals surface area contributed by atoms with Crippen LogP contribution in [0.3, 0.4) is 0 Å². The quantitative estimate of drug-likeness (QED) is 0.844. The molecule has 7 nitrogen and oxygen atoms in total. The van der Waals surface area contributed by atoms with Gasteiger partial charge in [-0.3, -0.25) is 0 Å². The van der Waals surface area contributed by atoms with Crippen LogP contribution in [-0.4, -0.2) is 57.4 Å². The van der Waals surface area contributed by atoms with Gasteiger partial charge < -0.3 is 15.4 Å². The molecular weight excluding hydrogens is 318 g/mol. The number of piperidine rings is 1. The fourth-order valence-corrected chi connectivity index (χ4v) is 3.46. The normalized spacial score (nSPS) is 18.3. The maximum absolute atomic E-state index is 12.0. The molecule has 1 aromatic rings. The van der Waals surface area contributed by atoms with Crippen LogP contribution >= 0.6 is 0 Å². The minimum absolute atomic E-state index is 0.307. The number of nitrogens with one attached hydrogen (secondary N) is 2. The second-order valence-electron chi connectivity index (χ2n) is 5.72.